The number of carbonyl (C=O) groups excluding carboxylic acids is 2. The Hall–Kier alpha value is -2.68. The van der Waals surface area contributed by atoms with Gasteiger partial charge >= 0.3 is 0 Å². The lowest BCUT2D eigenvalue weighted by Gasteiger charge is -2.21. The molecule has 0 radical (unpaired) electrons. The van der Waals surface area contributed by atoms with Crippen molar-refractivity contribution in [3.63, 3.8) is 0 Å². The van der Waals surface area contributed by atoms with E-state index in [-0.39, 0.29) is 24.6 Å². The normalized spacial score (nSPS) is 24.1. The first-order valence-electron chi connectivity index (χ1n) is 9.07. The molecular weight excluding hydrogens is 364 g/mol. The van der Waals surface area contributed by atoms with Gasteiger partial charge in [-0.2, -0.15) is 0 Å². The fourth-order valence-electron chi connectivity index (χ4n) is 3.12. The maximum absolute atomic E-state index is 12.5. The van der Waals surface area contributed by atoms with Crippen LogP contribution >= 0.6 is 0 Å². The van der Waals surface area contributed by atoms with Gasteiger partial charge in [0.1, 0.15) is 18.3 Å². The van der Waals surface area contributed by atoms with E-state index in [1.54, 1.807) is 18.0 Å². The minimum atomic E-state index is -1.21. The van der Waals surface area contributed by atoms with Crippen molar-refractivity contribution >= 4 is 11.8 Å². The molecule has 8 nitrogen and oxygen atoms in total. The third-order valence-corrected chi connectivity index (χ3v) is 4.73. The molecule has 1 saturated heterocycles. The highest BCUT2D eigenvalue weighted by atomic mass is 16.5. The molecule has 2 aromatic rings. The molecule has 2 amide bonds. The quantitative estimate of drug-likeness (QED) is 0.639. The van der Waals surface area contributed by atoms with Crippen LogP contribution in [0.15, 0.2) is 53.1 Å². The Morgan fingerprint density at radius 2 is 1.79 bits per heavy atom. The first-order chi connectivity index (χ1) is 13.5. The van der Waals surface area contributed by atoms with E-state index >= 15 is 0 Å². The van der Waals surface area contributed by atoms with Crippen molar-refractivity contribution in [3.05, 3.63) is 60.1 Å². The van der Waals surface area contributed by atoms with Crippen LogP contribution in [0.1, 0.15) is 22.5 Å². The summed E-state index contributed by atoms with van der Waals surface area (Å²) in [5.74, 6) is -0.514. The molecule has 3 N–H and O–H groups in total. The van der Waals surface area contributed by atoms with E-state index in [9.17, 15) is 19.8 Å². The van der Waals surface area contributed by atoms with Crippen molar-refractivity contribution in [3.8, 4) is 0 Å². The van der Waals surface area contributed by atoms with Gasteiger partial charge in [-0.3, -0.25) is 9.59 Å². The molecule has 3 rings (SSSR count). The molecule has 0 bridgehead atoms. The van der Waals surface area contributed by atoms with E-state index in [1.165, 1.54) is 12.3 Å². The third-order valence-electron chi connectivity index (χ3n) is 4.73. The highest BCUT2D eigenvalue weighted by molar-refractivity contribution is 5.91. The number of nitrogens with zero attached hydrogens (tertiary/aromatic N) is 1. The molecule has 28 heavy (non-hydrogen) atoms. The van der Waals surface area contributed by atoms with Crippen molar-refractivity contribution < 1.29 is 29.0 Å². The van der Waals surface area contributed by atoms with Crippen LogP contribution in [0.5, 0.6) is 0 Å². The second-order valence-electron chi connectivity index (χ2n) is 6.82. The number of rotatable bonds is 7. The van der Waals surface area contributed by atoms with Gasteiger partial charge in [0.05, 0.1) is 18.8 Å². The molecule has 1 aromatic carbocycles. The molecule has 1 fully saturated rings. The average Bonchev–Trinajstić information content (AvgIpc) is 3.32. The van der Waals surface area contributed by atoms with Gasteiger partial charge in [0.2, 0.25) is 5.91 Å². The van der Waals surface area contributed by atoms with E-state index < -0.39 is 30.3 Å². The third kappa shape index (κ3) is 4.78. The first-order valence-corrected chi connectivity index (χ1v) is 9.07. The van der Waals surface area contributed by atoms with Gasteiger partial charge in [0.25, 0.3) is 5.91 Å². The molecule has 0 spiro atoms. The van der Waals surface area contributed by atoms with E-state index in [2.05, 4.69) is 5.32 Å². The summed E-state index contributed by atoms with van der Waals surface area (Å²) in [7, 11) is 1.67. The predicted molar refractivity (Wildman–Crippen MR) is 99.2 cm³/mol. The van der Waals surface area contributed by atoms with E-state index in [0.29, 0.717) is 6.54 Å². The first kappa shape index (κ1) is 20.1. The maximum atomic E-state index is 12.5. The van der Waals surface area contributed by atoms with Crippen molar-refractivity contribution in [1.29, 1.82) is 0 Å². The van der Waals surface area contributed by atoms with Crippen LogP contribution in [0.25, 0.3) is 0 Å². The van der Waals surface area contributed by atoms with Crippen molar-refractivity contribution in [1.82, 2.24) is 10.2 Å². The topological polar surface area (TPSA) is 112 Å². The lowest BCUT2D eigenvalue weighted by Crippen LogP contribution is -2.40. The lowest BCUT2D eigenvalue weighted by atomic mass is 10.0. The molecule has 8 heteroatoms. The predicted octanol–water partition coefficient (Wildman–Crippen LogP) is 0.547. The van der Waals surface area contributed by atoms with E-state index in [1.807, 2.05) is 30.3 Å². The van der Waals surface area contributed by atoms with Crippen molar-refractivity contribution in [2.24, 2.45) is 0 Å². The highest BCUT2D eigenvalue weighted by Gasteiger charge is 2.43. The van der Waals surface area contributed by atoms with Gasteiger partial charge in [-0.15, -0.1) is 0 Å². The zero-order valence-corrected chi connectivity index (χ0v) is 15.5. The number of aliphatic hydroxyl groups excluding tert-OH is 2. The van der Waals surface area contributed by atoms with Gasteiger partial charge in [0.15, 0.2) is 5.76 Å². The maximum Gasteiger partial charge on any atom is 0.287 e. The molecule has 0 aliphatic carbocycles. The van der Waals surface area contributed by atoms with Crippen LogP contribution in [0, 0.1) is 0 Å². The summed E-state index contributed by atoms with van der Waals surface area (Å²) >= 11 is 0. The monoisotopic (exact) mass is 388 g/mol. The number of aliphatic hydroxyl groups is 2. The summed E-state index contributed by atoms with van der Waals surface area (Å²) in [5.41, 5.74) is 0.991. The van der Waals surface area contributed by atoms with Crippen molar-refractivity contribution in [2.45, 2.75) is 37.4 Å². The lowest BCUT2D eigenvalue weighted by molar-refractivity contribution is -0.134. The highest BCUT2D eigenvalue weighted by Crippen LogP contribution is 2.24. The van der Waals surface area contributed by atoms with Gasteiger partial charge in [-0.25, -0.2) is 0 Å². The van der Waals surface area contributed by atoms with Crippen molar-refractivity contribution in [2.75, 3.05) is 13.6 Å². The minimum absolute atomic E-state index is 0.0116. The fraction of sp³-hybridized carbons (Fsp3) is 0.400. The Morgan fingerprint density at radius 1 is 1.07 bits per heavy atom. The number of furan rings is 1. The van der Waals surface area contributed by atoms with Gasteiger partial charge < -0.3 is 29.6 Å². The SMILES string of the molecule is CN(Cc1ccccc1)C(=O)C[C@@H]1O[C@H](CNC(=O)c2ccco2)[C@@H](O)[C@H]1O. The van der Waals surface area contributed by atoms with Crippen LogP contribution in [-0.4, -0.2) is 64.9 Å². The summed E-state index contributed by atoms with van der Waals surface area (Å²) in [5, 5.41) is 23.0. The molecule has 150 valence electrons. The molecule has 1 aliphatic heterocycles. The number of hydrogen-bond donors (Lipinski definition) is 3. The largest absolute Gasteiger partial charge is 0.459 e. The minimum Gasteiger partial charge on any atom is -0.459 e. The summed E-state index contributed by atoms with van der Waals surface area (Å²) in [6.45, 7) is 0.427. The zero-order chi connectivity index (χ0) is 20.1. The fourth-order valence-corrected chi connectivity index (χ4v) is 3.12. The number of carbonyl (C=O) groups is 2. The van der Waals surface area contributed by atoms with Gasteiger partial charge in [0, 0.05) is 20.1 Å². The van der Waals surface area contributed by atoms with Crippen LogP contribution < -0.4 is 5.32 Å². The second kappa shape index (κ2) is 9.01. The Balaban J connectivity index is 1.50. The Kier molecular flexibility index (Phi) is 6.45. The molecule has 1 aromatic heterocycles. The molecule has 0 saturated carbocycles. The van der Waals surface area contributed by atoms with Gasteiger partial charge in [-0.1, -0.05) is 30.3 Å². The molecule has 2 heterocycles. The Labute approximate surface area is 162 Å². The summed E-state index contributed by atoms with van der Waals surface area (Å²) in [6.07, 6.45) is -2.75. The average molecular weight is 388 g/mol. The standard InChI is InChI=1S/C20H24N2O6/c1-22(12-13-6-3-2-4-7-13)17(23)10-15-18(24)19(25)16(28-15)11-21-20(26)14-8-5-9-27-14/h2-9,15-16,18-19,24-25H,10-12H2,1H3,(H,21,26)/t15-,16+,18-,19+/m0/s1. The number of benzene rings is 1. The molecule has 1 aliphatic rings. The van der Waals surface area contributed by atoms with Crippen LogP contribution in [0.4, 0.5) is 0 Å². The Bertz CT molecular complexity index is 779. The van der Waals surface area contributed by atoms with E-state index in [4.69, 9.17) is 9.15 Å². The summed E-state index contributed by atoms with van der Waals surface area (Å²) in [4.78, 5) is 25.9. The second-order valence-corrected chi connectivity index (χ2v) is 6.82. The van der Waals surface area contributed by atoms with E-state index in [0.717, 1.165) is 5.56 Å². The van der Waals surface area contributed by atoms with Crippen LogP contribution in [0.3, 0.4) is 0 Å². The zero-order valence-electron chi connectivity index (χ0n) is 15.5. The number of amides is 2. The number of ether oxygens (including phenoxy) is 1. The molecule has 4 atom stereocenters. The smallest absolute Gasteiger partial charge is 0.287 e. The summed E-state index contributed by atoms with van der Waals surface area (Å²) in [6, 6.07) is 12.6. The summed E-state index contributed by atoms with van der Waals surface area (Å²) < 4.78 is 10.6. The molecule has 0 unspecified atom stereocenters. The van der Waals surface area contributed by atoms with Crippen LogP contribution in [0.2, 0.25) is 0 Å². The van der Waals surface area contributed by atoms with Crippen LogP contribution in [-0.2, 0) is 16.1 Å². The Morgan fingerprint density at radius 3 is 2.46 bits per heavy atom. The number of nitrogens with one attached hydrogen (secondary N) is 1. The molecular formula is C20H24N2O6. The van der Waals surface area contributed by atoms with Gasteiger partial charge in [-0.05, 0) is 17.7 Å². The number of hydrogen-bond acceptors (Lipinski definition) is 6.